The number of hydrogen-bond donors (Lipinski definition) is 0. The number of allylic oxidation sites excluding steroid dienone is 4. The third kappa shape index (κ3) is 5.84. The maximum absolute atomic E-state index is 4.82. The second-order valence-electron chi connectivity index (χ2n) is 17.6. The van der Waals surface area contributed by atoms with Crippen molar-refractivity contribution in [3.63, 3.8) is 0 Å². The second kappa shape index (κ2) is 15.1. The SMILES string of the molecule is C=CC(=CC)n1c2ccc(-c3cccc(-c4ccc5c(c4)-c4ccc(-c6cc(C)ccc6C)c[n+]4C(CC)(CC)C5=C)c3)cc2c2cc3c4ccccc4n(-c4ccccc4)c3cc21. The van der Waals surface area contributed by atoms with E-state index < -0.39 is 0 Å². The number of nitrogens with zero attached hydrogens (tertiary/aromatic N) is 3. The van der Waals surface area contributed by atoms with Gasteiger partial charge in [0.15, 0.2) is 11.7 Å². The maximum atomic E-state index is 4.82. The number of aryl methyl sites for hydroxylation is 2. The highest BCUT2D eigenvalue weighted by atomic mass is 15.1. The van der Waals surface area contributed by atoms with Crippen LogP contribution in [0.2, 0.25) is 0 Å². The topological polar surface area (TPSA) is 13.7 Å². The number of benzene rings is 7. The first-order valence-corrected chi connectivity index (χ1v) is 22.7. The van der Waals surface area contributed by atoms with Crippen LogP contribution in [0.15, 0.2) is 189 Å². The van der Waals surface area contributed by atoms with Crippen molar-refractivity contribution in [1.82, 2.24) is 9.13 Å². The normalized spacial score (nSPS) is 13.5. The van der Waals surface area contributed by atoms with Crippen LogP contribution in [-0.2, 0) is 5.54 Å². The van der Waals surface area contributed by atoms with Gasteiger partial charge in [0, 0.05) is 63.0 Å². The highest BCUT2D eigenvalue weighted by molar-refractivity contribution is 6.20. The molecule has 0 spiro atoms. The number of aromatic nitrogens is 3. The van der Waals surface area contributed by atoms with Crippen LogP contribution in [-0.4, -0.2) is 9.13 Å². The zero-order chi connectivity index (χ0) is 43.9. The molecule has 0 amide bonds. The smallest absolute Gasteiger partial charge is 0.213 e. The van der Waals surface area contributed by atoms with Crippen LogP contribution in [0, 0.1) is 13.8 Å². The first-order chi connectivity index (χ1) is 31.3. The summed E-state index contributed by atoms with van der Waals surface area (Å²) in [4.78, 5) is 0. The highest BCUT2D eigenvalue weighted by Crippen LogP contribution is 2.46. The Labute approximate surface area is 376 Å². The molecular weight excluding hydrogens is 775 g/mol. The van der Waals surface area contributed by atoms with Crippen molar-refractivity contribution in [2.75, 3.05) is 0 Å². The van der Waals surface area contributed by atoms with Crippen LogP contribution in [0.3, 0.4) is 0 Å². The van der Waals surface area contributed by atoms with Gasteiger partial charge in [0.2, 0.25) is 5.69 Å². The zero-order valence-corrected chi connectivity index (χ0v) is 37.4. The van der Waals surface area contributed by atoms with Gasteiger partial charge < -0.3 is 9.13 Å². The van der Waals surface area contributed by atoms with Crippen molar-refractivity contribution < 1.29 is 4.57 Å². The minimum absolute atomic E-state index is 0.205. The average molecular weight is 827 g/mol. The molecule has 310 valence electrons. The Hall–Kier alpha value is -7.49. The van der Waals surface area contributed by atoms with Crippen LogP contribution in [0.1, 0.15) is 50.3 Å². The molecule has 0 atom stereocenters. The number of para-hydroxylation sites is 2. The Kier molecular flexibility index (Phi) is 9.29. The van der Waals surface area contributed by atoms with E-state index >= 15 is 0 Å². The molecule has 0 fully saturated rings. The van der Waals surface area contributed by atoms with Gasteiger partial charge in [0.25, 0.3) is 0 Å². The molecule has 1 aliphatic rings. The molecule has 7 aromatic carbocycles. The van der Waals surface area contributed by atoms with E-state index in [0.717, 1.165) is 35.3 Å². The zero-order valence-electron chi connectivity index (χ0n) is 37.4. The lowest BCUT2D eigenvalue weighted by atomic mass is 9.75. The molecule has 0 aliphatic carbocycles. The monoisotopic (exact) mass is 826 g/mol. The fraction of sp³-hybridized carbons (Fsp3) is 0.131. The summed E-state index contributed by atoms with van der Waals surface area (Å²) >= 11 is 0. The molecule has 3 heteroatoms. The lowest BCUT2D eigenvalue weighted by Gasteiger charge is -2.35. The van der Waals surface area contributed by atoms with Crippen LogP contribution in [0.4, 0.5) is 0 Å². The standard InChI is InChI=1S/C61H52N3/c1-8-47(9-2)63-58-31-27-45(35-53(58)55-36-54-50-22-15-16-23-57(50)64(59(54)37-60(55)63)48-20-13-12-14-21-48)43-19-17-18-42(33-43)44-26-29-49-41(7)61(10-3,11-4)62-38-46(28-30-56(62)52(49)34-44)51-32-39(5)24-25-40(51)6/h8-9,12-38H,1,7,10-11H2,2-6H3/q+1. The van der Waals surface area contributed by atoms with E-state index in [1.807, 2.05) is 6.08 Å². The van der Waals surface area contributed by atoms with Crippen molar-refractivity contribution in [2.45, 2.75) is 53.0 Å². The molecule has 3 nitrogen and oxygen atoms in total. The molecular formula is C61H52N3+. The summed E-state index contributed by atoms with van der Waals surface area (Å²) in [5, 5.41) is 4.92. The van der Waals surface area contributed by atoms with E-state index in [-0.39, 0.29) is 5.54 Å². The molecule has 4 heterocycles. The first kappa shape index (κ1) is 39.4. The molecule has 3 aromatic heterocycles. The fourth-order valence-corrected chi connectivity index (χ4v) is 10.9. The Bertz CT molecular complexity index is 3590. The summed E-state index contributed by atoms with van der Waals surface area (Å²) < 4.78 is 7.31. The third-order valence-corrected chi connectivity index (χ3v) is 14.3. The van der Waals surface area contributed by atoms with Gasteiger partial charge >= 0.3 is 0 Å². The van der Waals surface area contributed by atoms with E-state index in [4.69, 9.17) is 6.58 Å². The Morgan fingerprint density at radius 3 is 2.02 bits per heavy atom. The summed E-state index contributed by atoms with van der Waals surface area (Å²) in [5.74, 6) is 0. The van der Waals surface area contributed by atoms with Crippen molar-refractivity contribution in [1.29, 1.82) is 0 Å². The summed E-state index contributed by atoms with van der Waals surface area (Å²) in [5.41, 5.74) is 21.4. The van der Waals surface area contributed by atoms with Crippen LogP contribution in [0.25, 0.3) is 105 Å². The highest BCUT2D eigenvalue weighted by Gasteiger charge is 2.47. The fourth-order valence-electron chi connectivity index (χ4n) is 10.9. The number of fused-ring (bicyclic) bond motifs is 9. The predicted molar refractivity (Wildman–Crippen MR) is 273 cm³/mol. The summed E-state index contributed by atoms with van der Waals surface area (Å²) in [7, 11) is 0. The predicted octanol–water partition coefficient (Wildman–Crippen LogP) is 16.1. The number of hydrogen-bond acceptors (Lipinski definition) is 0. The third-order valence-electron chi connectivity index (χ3n) is 14.3. The van der Waals surface area contributed by atoms with E-state index in [0.29, 0.717) is 0 Å². The molecule has 10 aromatic rings. The van der Waals surface area contributed by atoms with Crippen molar-refractivity contribution in [2.24, 2.45) is 0 Å². The molecule has 64 heavy (non-hydrogen) atoms. The molecule has 11 rings (SSSR count). The lowest BCUT2D eigenvalue weighted by Crippen LogP contribution is -2.59. The molecule has 1 aliphatic heterocycles. The summed E-state index contributed by atoms with van der Waals surface area (Å²) in [6, 6.07) is 58.6. The van der Waals surface area contributed by atoms with E-state index in [9.17, 15) is 0 Å². The van der Waals surface area contributed by atoms with Gasteiger partial charge in [0.1, 0.15) is 0 Å². The van der Waals surface area contributed by atoms with Gasteiger partial charge in [-0.1, -0.05) is 130 Å². The Balaban J connectivity index is 1.05. The molecule has 0 saturated heterocycles. The van der Waals surface area contributed by atoms with Gasteiger partial charge in [-0.15, -0.1) is 0 Å². The van der Waals surface area contributed by atoms with Gasteiger partial charge in [-0.3, -0.25) is 0 Å². The van der Waals surface area contributed by atoms with Crippen molar-refractivity contribution in [3.05, 3.63) is 206 Å². The quantitative estimate of drug-likeness (QED) is 0.107. The second-order valence-corrected chi connectivity index (χ2v) is 17.6. The van der Waals surface area contributed by atoms with Gasteiger partial charge in [-0.25, -0.2) is 0 Å². The summed E-state index contributed by atoms with van der Waals surface area (Å²) in [6.45, 7) is 20.2. The number of pyridine rings is 1. The van der Waals surface area contributed by atoms with Crippen LogP contribution >= 0.6 is 0 Å². The van der Waals surface area contributed by atoms with Crippen molar-refractivity contribution >= 4 is 54.9 Å². The lowest BCUT2D eigenvalue weighted by molar-refractivity contribution is -0.741. The molecule has 0 saturated carbocycles. The van der Waals surface area contributed by atoms with Crippen molar-refractivity contribution in [3.8, 4) is 50.3 Å². The molecule has 0 N–H and O–H groups in total. The summed E-state index contributed by atoms with van der Waals surface area (Å²) in [6.07, 6.45) is 8.44. The molecule has 0 bridgehead atoms. The van der Waals surface area contributed by atoms with E-state index in [2.05, 4.69) is 225 Å². The maximum Gasteiger partial charge on any atom is 0.213 e. The van der Waals surface area contributed by atoms with Gasteiger partial charge in [-0.05, 0) is 126 Å². The first-order valence-electron chi connectivity index (χ1n) is 22.7. The molecule has 0 unspecified atom stereocenters. The average Bonchev–Trinajstić information content (AvgIpc) is 3.84. The minimum Gasteiger partial charge on any atom is -0.310 e. The largest absolute Gasteiger partial charge is 0.310 e. The molecule has 0 radical (unpaired) electrons. The van der Waals surface area contributed by atoms with Gasteiger partial charge in [-0.2, -0.15) is 4.57 Å². The van der Waals surface area contributed by atoms with E-state index in [1.165, 1.54) is 99.5 Å². The van der Waals surface area contributed by atoms with Crippen LogP contribution in [0.5, 0.6) is 0 Å². The Morgan fingerprint density at radius 2 is 1.25 bits per heavy atom. The minimum atomic E-state index is -0.205. The van der Waals surface area contributed by atoms with E-state index in [1.54, 1.807) is 0 Å². The Morgan fingerprint density at radius 1 is 0.562 bits per heavy atom. The number of rotatable bonds is 8. The van der Waals surface area contributed by atoms with Crippen LogP contribution < -0.4 is 4.57 Å². The van der Waals surface area contributed by atoms with Gasteiger partial charge in [0.05, 0.1) is 27.6 Å².